The van der Waals surface area contributed by atoms with E-state index in [4.69, 9.17) is 22.1 Å². The van der Waals surface area contributed by atoms with Crippen LogP contribution in [0.1, 0.15) is 12.5 Å². The summed E-state index contributed by atoms with van der Waals surface area (Å²) in [6.07, 6.45) is 1.19. The molecule has 2 aliphatic rings. The summed E-state index contributed by atoms with van der Waals surface area (Å²) in [6.45, 7) is 2.68. The zero-order valence-corrected chi connectivity index (χ0v) is 10.7. The lowest BCUT2D eigenvalue weighted by Gasteiger charge is -2.42. The Morgan fingerprint density at radius 1 is 1.50 bits per heavy atom. The van der Waals surface area contributed by atoms with E-state index in [1.165, 1.54) is 10.9 Å². The standard InChI is InChI=1S/C11H16ClFN4O/c12-11-9(14)3-15-17(11)10-1-2-16(4-8(10)13)7-5-18-6-7/h3,7-8,10H,1-2,4-6,14H2/t8-,10+/m1/s1. The van der Waals surface area contributed by atoms with Crippen LogP contribution in [0.4, 0.5) is 10.1 Å². The molecule has 0 saturated carbocycles. The number of nitrogens with zero attached hydrogens (tertiary/aromatic N) is 3. The molecule has 3 heterocycles. The molecule has 2 N–H and O–H groups in total. The molecule has 0 unspecified atom stereocenters. The molecule has 2 saturated heterocycles. The lowest BCUT2D eigenvalue weighted by atomic mass is 10.0. The summed E-state index contributed by atoms with van der Waals surface area (Å²) in [5, 5.41) is 4.41. The molecule has 0 spiro atoms. The molecule has 1 aromatic heterocycles. The molecule has 2 fully saturated rings. The number of hydrogen-bond donors (Lipinski definition) is 1. The molecule has 0 amide bonds. The largest absolute Gasteiger partial charge is 0.395 e. The van der Waals surface area contributed by atoms with E-state index in [0.717, 1.165) is 6.54 Å². The van der Waals surface area contributed by atoms with Crippen molar-refractivity contribution in [3.8, 4) is 0 Å². The first-order valence-corrected chi connectivity index (χ1v) is 6.49. The van der Waals surface area contributed by atoms with Gasteiger partial charge in [-0.05, 0) is 6.42 Å². The van der Waals surface area contributed by atoms with E-state index in [-0.39, 0.29) is 6.04 Å². The van der Waals surface area contributed by atoms with Crippen molar-refractivity contribution in [1.29, 1.82) is 0 Å². The topological polar surface area (TPSA) is 56.3 Å². The van der Waals surface area contributed by atoms with Crippen molar-refractivity contribution < 1.29 is 9.13 Å². The number of likely N-dealkylation sites (tertiary alicyclic amines) is 1. The fourth-order valence-corrected chi connectivity index (χ4v) is 2.77. The maximum atomic E-state index is 14.3. The molecule has 0 radical (unpaired) electrons. The third kappa shape index (κ3) is 1.98. The molecule has 0 bridgehead atoms. The molecular formula is C11H16ClFN4O. The lowest BCUT2D eigenvalue weighted by molar-refractivity contribution is -0.0847. The Bertz CT molecular complexity index is 437. The number of rotatable bonds is 2. The van der Waals surface area contributed by atoms with E-state index in [0.29, 0.717) is 43.1 Å². The van der Waals surface area contributed by atoms with Crippen LogP contribution in [0.5, 0.6) is 0 Å². The van der Waals surface area contributed by atoms with Gasteiger partial charge in [-0.1, -0.05) is 11.6 Å². The summed E-state index contributed by atoms with van der Waals surface area (Å²) in [5.41, 5.74) is 6.04. The average molecular weight is 275 g/mol. The van der Waals surface area contributed by atoms with E-state index >= 15 is 0 Å². The van der Waals surface area contributed by atoms with E-state index < -0.39 is 6.17 Å². The highest BCUT2D eigenvalue weighted by molar-refractivity contribution is 6.32. The van der Waals surface area contributed by atoms with E-state index in [1.54, 1.807) is 0 Å². The van der Waals surface area contributed by atoms with Gasteiger partial charge in [0.05, 0.1) is 37.2 Å². The van der Waals surface area contributed by atoms with Crippen LogP contribution in [-0.4, -0.2) is 53.2 Å². The Labute approximate surface area is 110 Å². The molecule has 7 heteroatoms. The molecular weight excluding hydrogens is 259 g/mol. The van der Waals surface area contributed by atoms with Crippen LogP contribution in [0.15, 0.2) is 6.20 Å². The zero-order chi connectivity index (χ0) is 12.7. The number of anilines is 1. The maximum absolute atomic E-state index is 14.3. The Hall–Kier alpha value is -0.850. The van der Waals surface area contributed by atoms with Gasteiger partial charge in [0.15, 0.2) is 0 Å². The van der Waals surface area contributed by atoms with Gasteiger partial charge in [0.2, 0.25) is 0 Å². The maximum Gasteiger partial charge on any atom is 0.150 e. The number of halogens is 2. The highest BCUT2D eigenvalue weighted by Gasteiger charge is 2.37. The van der Waals surface area contributed by atoms with Gasteiger partial charge in [0.25, 0.3) is 0 Å². The monoisotopic (exact) mass is 274 g/mol. The first-order chi connectivity index (χ1) is 8.66. The van der Waals surface area contributed by atoms with Gasteiger partial charge in [-0.2, -0.15) is 5.10 Å². The van der Waals surface area contributed by atoms with Crippen LogP contribution in [0.3, 0.4) is 0 Å². The second-order valence-electron chi connectivity index (χ2n) is 4.89. The third-order valence-electron chi connectivity index (χ3n) is 3.75. The third-order valence-corrected chi connectivity index (χ3v) is 4.14. The van der Waals surface area contributed by atoms with Gasteiger partial charge >= 0.3 is 0 Å². The summed E-state index contributed by atoms with van der Waals surface area (Å²) < 4.78 is 20.9. The SMILES string of the molecule is Nc1cnn([C@H]2CCN(C3COC3)C[C@H]2F)c1Cl. The Morgan fingerprint density at radius 3 is 2.78 bits per heavy atom. The minimum absolute atomic E-state index is 0.313. The molecule has 18 heavy (non-hydrogen) atoms. The van der Waals surface area contributed by atoms with Gasteiger partial charge in [0.1, 0.15) is 11.3 Å². The first kappa shape index (κ1) is 12.2. The quantitative estimate of drug-likeness (QED) is 0.878. The minimum Gasteiger partial charge on any atom is -0.395 e. The lowest BCUT2D eigenvalue weighted by Crippen LogP contribution is -2.55. The summed E-state index contributed by atoms with van der Waals surface area (Å²) in [6, 6.07) is 0.0643. The molecule has 100 valence electrons. The summed E-state index contributed by atoms with van der Waals surface area (Å²) >= 11 is 6.02. The van der Waals surface area contributed by atoms with Crippen molar-refractivity contribution in [1.82, 2.24) is 14.7 Å². The normalized spacial score (nSPS) is 30.3. The number of nitrogen functional groups attached to an aromatic ring is 1. The van der Waals surface area contributed by atoms with Crippen LogP contribution in [0, 0.1) is 0 Å². The highest BCUT2D eigenvalue weighted by Crippen LogP contribution is 2.31. The van der Waals surface area contributed by atoms with E-state index in [1.807, 2.05) is 0 Å². The summed E-state index contributed by atoms with van der Waals surface area (Å²) in [4.78, 5) is 2.14. The van der Waals surface area contributed by atoms with Crippen molar-refractivity contribution in [3.63, 3.8) is 0 Å². The van der Waals surface area contributed by atoms with Crippen LogP contribution in [0.25, 0.3) is 0 Å². The molecule has 0 aromatic carbocycles. The average Bonchev–Trinajstić information content (AvgIpc) is 2.58. The van der Waals surface area contributed by atoms with Crippen molar-refractivity contribution >= 4 is 17.3 Å². The van der Waals surface area contributed by atoms with Crippen LogP contribution >= 0.6 is 11.6 Å². The van der Waals surface area contributed by atoms with E-state index in [2.05, 4.69) is 10.00 Å². The molecule has 5 nitrogen and oxygen atoms in total. The number of piperidine rings is 1. The Balaban J connectivity index is 1.70. The number of nitrogens with two attached hydrogens (primary N) is 1. The molecule has 2 aliphatic heterocycles. The number of hydrogen-bond acceptors (Lipinski definition) is 4. The highest BCUT2D eigenvalue weighted by atomic mass is 35.5. The van der Waals surface area contributed by atoms with Crippen molar-refractivity contribution in [2.24, 2.45) is 0 Å². The molecule has 0 aliphatic carbocycles. The van der Waals surface area contributed by atoms with E-state index in [9.17, 15) is 4.39 Å². The number of alkyl halides is 1. The molecule has 2 atom stereocenters. The smallest absolute Gasteiger partial charge is 0.150 e. The fraction of sp³-hybridized carbons (Fsp3) is 0.727. The van der Waals surface area contributed by atoms with Crippen LogP contribution < -0.4 is 5.73 Å². The van der Waals surface area contributed by atoms with Crippen molar-refractivity contribution in [2.75, 3.05) is 32.0 Å². The van der Waals surface area contributed by atoms with Gasteiger partial charge < -0.3 is 10.5 Å². The van der Waals surface area contributed by atoms with Gasteiger partial charge in [-0.25, -0.2) is 9.07 Å². The Kier molecular flexibility index (Phi) is 3.17. The van der Waals surface area contributed by atoms with Gasteiger partial charge in [-0.3, -0.25) is 4.90 Å². The fourth-order valence-electron chi connectivity index (χ4n) is 2.55. The minimum atomic E-state index is -0.976. The number of ether oxygens (including phenoxy) is 1. The Morgan fingerprint density at radius 2 is 2.28 bits per heavy atom. The molecule has 3 rings (SSSR count). The zero-order valence-electron chi connectivity index (χ0n) is 9.93. The predicted molar refractivity (Wildman–Crippen MR) is 66.4 cm³/mol. The summed E-state index contributed by atoms with van der Waals surface area (Å²) in [5.74, 6) is 0. The number of aromatic nitrogens is 2. The van der Waals surface area contributed by atoms with Crippen molar-refractivity contribution in [2.45, 2.75) is 24.7 Å². The van der Waals surface area contributed by atoms with Gasteiger partial charge in [0, 0.05) is 13.1 Å². The van der Waals surface area contributed by atoms with Gasteiger partial charge in [-0.15, -0.1) is 0 Å². The first-order valence-electron chi connectivity index (χ1n) is 6.11. The second kappa shape index (κ2) is 4.68. The van der Waals surface area contributed by atoms with Crippen LogP contribution in [-0.2, 0) is 4.74 Å². The predicted octanol–water partition coefficient (Wildman–Crippen LogP) is 1.10. The second-order valence-corrected chi connectivity index (χ2v) is 5.25. The summed E-state index contributed by atoms with van der Waals surface area (Å²) in [7, 11) is 0. The van der Waals surface area contributed by atoms with Crippen molar-refractivity contribution in [3.05, 3.63) is 11.3 Å². The molecule has 1 aromatic rings. The van der Waals surface area contributed by atoms with Crippen LogP contribution in [0.2, 0.25) is 5.15 Å².